The van der Waals surface area contributed by atoms with Crippen LogP contribution in [0, 0.1) is 0 Å². The number of rotatable bonds is 1. The lowest BCUT2D eigenvalue weighted by molar-refractivity contribution is 0.371. The van der Waals surface area contributed by atoms with E-state index in [4.69, 9.17) is 21.9 Å². The summed E-state index contributed by atoms with van der Waals surface area (Å²) in [5, 5.41) is 9.50. The number of halogens is 1. The van der Waals surface area contributed by atoms with Gasteiger partial charge in [-0.2, -0.15) is 5.10 Å². The van der Waals surface area contributed by atoms with Crippen LogP contribution >= 0.6 is 11.6 Å². The Balaban J connectivity index is 1.91. The van der Waals surface area contributed by atoms with E-state index in [1.807, 2.05) is 25.3 Å². The molecule has 21 heavy (non-hydrogen) atoms. The molecule has 2 N–H and O–H groups in total. The summed E-state index contributed by atoms with van der Waals surface area (Å²) in [5.74, 6) is 1.10. The fourth-order valence-corrected chi connectivity index (χ4v) is 2.94. The maximum Gasteiger partial charge on any atom is 0.174 e. The van der Waals surface area contributed by atoms with Crippen LogP contribution in [-0.2, 0) is 7.05 Å². The van der Waals surface area contributed by atoms with E-state index >= 15 is 0 Å². The highest BCUT2D eigenvalue weighted by Gasteiger charge is 2.27. The first-order chi connectivity index (χ1) is 10.1. The van der Waals surface area contributed by atoms with Gasteiger partial charge in [-0.1, -0.05) is 28.9 Å². The molecule has 0 saturated heterocycles. The van der Waals surface area contributed by atoms with Crippen molar-refractivity contribution in [3.8, 4) is 0 Å². The van der Waals surface area contributed by atoms with E-state index in [0.717, 1.165) is 34.5 Å². The zero-order valence-corrected chi connectivity index (χ0v) is 12.0. The molecule has 0 aromatic carbocycles. The van der Waals surface area contributed by atoms with E-state index in [1.165, 1.54) is 0 Å². The Hall–Kier alpha value is -2.34. The number of nitrogens with zero attached hydrogens (tertiary/aromatic N) is 4. The van der Waals surface area contributed by atoms with Crippen LogP contribution in [0.4, 0.5) is 5.82 Å². The molecule has 7 heteroatoms. The third-order valence-electron chi connectivity index (χ3n) is 3.79. The minimum Gasteiger partial charge on any atom is -0.380 e. The second-order valence-corrected chi connectivity index (χ2v) is 5.48. The molecule has 3 aromatic heterocycles. The van der Waals surface area contributed by atoms with E-state index < -0.39 is 0 Å². The molecule has 0 spiro atoms. The maximum atomic E-state index is 6.34. The molecule has 1 aliphatic carbocycles. The Morgan fingerprint density at radius 1 is 1.48 bits per heavy atom. The molecule has 1 aliphatic rings. The predicted molar refractivity (Wildman–Crippen MR) is 79.9 cm³/mol. The van der Waals surface area contributed by atoms with Crippen LogP contribution in [0.25, 0.3) is 17.1 Å². The van der Waals surface area contributed by atoms with Gasteiger partial charge in [-0.15, -0.1) is 0 Å². The quantitative estimate of drug-likeness (QED) is 0.747. The van der Waals surface area contributed by atoms with Gasteiger partial charge in [0.25, 0.3) is 0 Å². The van der Waals surface area contributed by atoms with Crippen LogP contribution in [0.2, 0.25) is 5.02 Å². The highest BCUT2D eigenvalue weighted by Crippen LogP contribution is 2.38. The summed E-state index contributed by atoms with van der Waals surface area (Å²) in [6, 6.07) is 1.86. The molecule has 1 atom stereocenters. The van der Waals surface area contributed by atoms with Crippen LogP contribution in [0.5, 0.6) is 0 Å². The number of aromatic nitrogens is 4. The van der Waals surface area contributed by atoms with E-state index in [0.29, 0.717) is 10.8 Å². The smallest absolute Gasteiger partial charge is 0.174 e. The van der Waals surface area contributed by atoms with Crippen LogP contribution in [0.3, 0.4) is 0 Å². The largest absolute Gasteiger partial charge is 0.380 e. The molecule has 0 radical (unpaired) electrons. The Labute approximate surface area is 125 Å². The molecule has 3 aromatic rings. The van der Waals surface area contributed by atoms with Gasteiger partial charge in [0.2, 0.25) is 0 Å². The number of fused-ring (bicyclic) bond motifs is 2. The van der Waals surface area contributed by atoms with Crippen molar-refractivity contribution in [1.29, 1.82) is 0 Å². The molecule has 0 amide bonds. The normalized spacial score (nSPS) is 17.3. The maximum absolute atomic E-state index is 6.34. The predicted octanol–water partition coefficient (Wildman–Crippen LogP) is 2.74. The summed E-state index contributed by atoms with van der Waals surface area (Å²) in [4.78, 5) is 4.68. The van der Waals surface area contributed by atoms with Gasteiger partial charge in [0.15, 0.2) is 17.2 Å². The molecular weight excluding hydrogens is 290 g/mol. The Bertz CT molecular complexity index is 879. The highest BCUT2D eigenvalue weighted by molar-refractivity contribution is 6.35. The third kappa shape index (κ3) is 1.76. The molecule has 0 bridgehead atoms. The van der Waals surface area contributed by atoms with E-state index in [-0.39, 0.29) is 5.92 Å². The van der Waals surface area contributed by atoms with Crippen molar-refractivity contribution in [2.75, 3.05) is 5.73 Å². The average Bonchev–Trinajstić information content (AvgIpc) is 3.04. The van der Waals surface area contributed by atoms with Gasteiger partial charge in [-0.3, -0.25) is 4.68 Å². The minimum absolute atomic E-state index is 0.0356. The Morgan fingerprint density at radius 3 is 3.19 bits per heavy atom. The highest BCUT2D eigenvalue weighted by atomic mass is 35.5. The standard InChI is InChI=1S/C14H12ClN5O/c1-20-14-9(6-17-20)10(15)5-11(18-14)7-3-2-4-8-12(7)21-19-13(8)16/h2,4-7H,3H2,1H3,(H2,16,19). The molecule has 0 saturated carbocycles. The lowest BCUT2D eigenvalue weighted by Gasteiger charge is -2.16. The van der Waals surface area contributed by atoms with Crippen LogP contribution in [-0.4, -0.2) is 19.9 Å². The monoisotopic (exact) mass is 301 g/mol. The van der Waals surface area contributed by atoms with Crippen LogP contribution < -0.4 is 5.73 Å². The van der Waals surface area contributed by atoms with Crippen LogP contribution in [0.1, 0.15) is 29.4 Å². The van der Waals surface area contributed by atoms with Crippen molar-refractivity contribution >= 4 is 34.5 Å². The third-order valence-corrected chi connectivity index (χ3v) is 4.10. The second kappa shape index (κ2) is 4.33. The van der Waals surface area contributed by atoms with Crippen molar-refractivity contribution < 1.29 is 4.52 Å². The number of nitrogen functional groups attached to an aromatic ring is 1. The van der Waals surface area contributed by atoms with Crippen molar-refractivity contribution in [2.45, 2.75) is 12.3 Å². The van der Waals surface area contributed by atoms with E-state index in [2.05, 4.69) is 15.2 Å². The lowest BCUT2D eigenvalue weighted by atomic mass is 9.90. The minimum atomic E-state index is -0.0356. The molecule has 0 aliphatic heterocycles. The van der Waals surface area contributed by atoms with E-state index in [1.54, 1.807) is 10.9 Å². The number of aryl methyl sites for hydroxylation is 1. The van der Waals surface area contributed by atoms with Gasteiger partial charge in [-0.05, 0) is 12.5 Å². The van der Waals surface area contributed by atoms with Gasteiger partial charge in [-0.25, -0.2) is 4.98 Å². The van der Waals surface area contributed by atoms with Gasteiger partial charge in [0.1, 0.15) is 0 Å². The molecule has 6 nitrogen and oxygen atoms in total. The second-order valence-electron chi connectivity index (χ2n) is 5.07. The topological polar surface area (TPSA) is 82.8 Å². The molecule has 3 heterocycles. The molecular formula is C14H12ClN5O. The SMILES string of the molecule is Cn1ncc2c(Cl)cc(C3CC=Cc4c(N)noc43)nc21. The van der Waals surface area contributed by atoms with Gasteiger partial charge < -0.3 is 10.3 Å². The summed E-state index contributed by atoms with van der Waals surface area (Å²) < 4.78 is 7.09. The first-order valence-electron chi connectivity index (χ1n) is 6.55. The first kappa shape index (κ1) is 12.4. The molecule has 1 unspecified atom stereocenters. The lowest BCUT2D eigenvalue weighted by Crippen LogP contribution is -2.07. The summed E-state index contributed by atoms with van der Waals surface area (Å²) in [7, 11) is 1.84. The Kier molecular flexibility index (Phi) is 2.56. The van der Waals surface area contributed by atoms with Crippen molar-refractivity contribution in [3.63, 3.8) is 0 Å². The Morgan fingerprint density at radius 2 is 2.33 bits per heavy atom. The first-order valence-corrected chi connectivity index (χ1v) is 6.92. The van der Waals surface area contributed by atoms with Crippen molar-refractivity contribution in [3.05, 3.63) is 40.4 Å². The fraction of sp³-hybridized carbons (Fsp3) is 0.214. The average molecular weight is 302 g/mol. The van der Waals surface area contributed by atoms with Crippen molar-refractivity contribution in [1.82, 2.24) is 19.9 Å². The van der Waals surface area contributed by atoms with Gasteiger partial charge >= 0.3 is 0 Å². The number of nitrogens with two attached hydrogens (primary N) is 1. The summed E-state index contributed by atoms with van der Waals surface area (Å²) in [6.45, 7) is 0. The fourth-order valence-electron chi connectivity index (χ4n) is 2.70. The number of hydrogen-bond acceptors (Lipinski definition) is 5. The van der Waals surface area contributed by atoms with Gasteiger partial charge in [0.05, 0.1) is 33.8 Å². The van der Waals surface area contributed by atoms with Gasteiger partial charge in [0, 0.05) is 7.05 Å². The summed E-state index contributed by atoms with van der Waals surface area (Å²) in [5.41, 5.74) is 8.22. The number of anilines is 1. The zero-order valence-electron chi connectivity index (χ0n) is 11.2. The zero-order chi connectivity index (χ0) is 14.6. The van der Waals surface area contributed by atoms with Crippen molar-refractivity contribution in [2.24, 2.45) is 7.05 Å². The number of pyridine rings is 1. The molecule has 106 valence electrons. The molecule has 0 fully saturated rings. The van der Waals surface area contributed by atoms with Crippen LogP contribution in [0.15, 0.2) is 22.9 Å². The summed E-state index contributed by atoms with van der Waals surface area (Å²) >= 11 is 6.34. The van der Waals surface area contributed by atoms with E-state index in [9.17, 15) is 0 Å². The number of hydrogen-bond donors (Lipinski definition) is 1. The molecule has 4 rings (SSSR count). The summed E-state index contributed by atoms with van der Waals surface area (Å²) in [6.07, 6.45) is 6.47. The number of allylic oxidation sites excluding steroid dienone is 1.